The second-order valence-corrected chi connectivity index (χ2v) is 5.61. The molecule has 0 aromatic heterocycles. The average molecular weight is 229 g/mol. The minimum Gasteiger partial charge on any atom is -0.376 e. The van der Waals surface area contributed by atoms with Crippen LogP contribution in [0.2, 0.25) is 0 Å². The van der Waals surface area contributed by atoms with Crippen LogP contribution in [0.25, 0.3) is 0 Å². The topological polar surface area (TPSA) is 12.5 Å². The lowest BCUT2D eigenvalue weighted by molar-refractivity contribution is -0.0611. The van der Waals surface area contributed by atoms with E-state index in [0.717, 1.165) is 18.9 Å². The molecule has 2 aliphatic rings. The van der Waals surface area contributed by atoms with Crippen molar-refractivity contribution in [3.05, 3.63) is 0 Å². The number of rotatable bonds is 4. The van der Waals surface area contributed by atoms with Crippen LogP contribution in [0.3, 0.4) is 0 Å². The van der Waals surface area contributed by atoms with E-state index in [2.05, 4.69) is 31.4 Å². The molecule has 1 saturated heterocycles. The molecule has 1 aliphatic carbocycles. The van der Waals surface area contributed by atoms with Gasteiger partial charge in [0, 0.05) is 19.1 Å². The summed E-state index contributed by atoms with van der Waals surface area (Å²) in [5, 5.41) is 0. The van der Waals surface area contributed by atoms with Crippen LogP contribution < -0.4 is 0 Å². The standard InChI is InChI=1S/C12H23NOS/c1-3-11-7-14-10(2)6-13(11)8-12(9-15)4-5-12/h10-11,15H,3-9H2,1-2H3. The molecule has 0 aromatic carbocycles. The summed E-state index contributed by atoms with van der Waals surface area (Å²) in [5.74, 6) is 1.05. The fourth-order valence-electron chi connectivity index (χ4n) is 2.46. The first-order valence-electron chi connectivity index (χ1n) is 6.15. The summed E-state index contributed by atoms with van der Waals surface area (Å²) in [6.45, 7) is 7.70. The summed E-state index contributed by atoms with van der Waals surface area (Å²) in [7, 11) is 0. The Bertz CT molecular complexity index is 218. The van der Waals surface area contributed by atoms with Crippen LogP contribution in [0, 0.1) is 5.41 Å². The van der Waals surface area contributed by atoms with E-state index in [1.807, 2.05) is 0 Å². The van der Waals surface area contributed by atoms with Gasteiger partial charge < -0.3 is 4.74 Å². The molecule has 1 heterocycles. The minimum atomic E-state index is 0.406. The smallest absolute Gasteiger partial charge is 0.0674 e. The van der Waals surface area contributed by atoms with Crippen LogP contribution in [0.4, 0.5) is 0 Å². The van der Waals surface area contributed by atoms with Gasteiger partial charge in [0.25, 0.3) is 0 Å². The van der Waals surface area contributed by atoms with Crippen LogP contribution in [-0.4, -0.2) is 42.5 Å². The highest BCUT2D eigenvalue weighted by molar-refractivity contribution is 7.80. The monoisotopic (exact) mass is 229 g/mol. The van der Waals surface area contributed by atoms with E-state index in [0.29, 0.717) is 17.6 Å². The van der Waals surface area contributed by atoms with Gasteiger partial charge in [-0.15, -0.1) is 0 Å². The molecule has 0 amide bonds. The van der Waals surface area contributed by atoms with Crippen molar-refractivity contribution in [3.8, 4) is 0 Å². The molecule has 0 N–H and O–H groups in total. The molecule has 2 atom stereocenters. The largest absolute Gasteiger partial charge is 0.376 e. The third-order valence-corrected chi connectivity index (χ3v) is 4.55. The van der Waals surface area contributed by atoms with Crippen molar-refractivity contribution in [3.63, 3.8) is 0 Å². The number of ether oxygens (including phenoxy) is 1. The zero-order valence-corrected chi connectivity index (χ0v) is 10.8. The van der Waals surface area contributed by atoms with Crippen molar-refractivity contribution in [2.75, 3.05) is 25.4 Å². The van der Waals surface area contributed by atoms with E-state index in [9.17, 15) is 0 Å². The van der Waals surface area contributed by atoms with Gasteiger partial charge in [-0.05, 0) is 37.4 Å². The summed E-state index contributed by atoms with van der Waals surface area (Å²) in [4.78, 5) is 2.64. The van der Waals surface area contributed by atoms with Crippen LogP contribution in [0.1, 0.15) is 33.1 Å². The predicted octanol–water partition coefficient (Wildman–Crippen LogP) is 2.20. The number of morpholine rings is 1. The molecule has 0 radical (unpaired) electrons. The van der Waals surface area contributed by atoms with Gasteiger partial charge in [0.2, 0.25) is 0 Å². The highest BCUT2D eigenvalue weighted by atomic mass is 32.1. The fraction of sp³-hybridized carbons (Fsp3) is 1.00. The molecule has 0 spiro atoms. The zero-order chi connectivity index (χ0) is 10.9. The summed E-state index contributed by atoms with van der Waals surface area (Å²) in [6.07, 6.45) is 4.36. The molecule has 1 saturated carbocycles. The number of nitrogens with zero attached hydrogens (tertiary/aromatic N) is 1. The first-order chi connectivity index (χ1) is 7.19. The van der Waals surface area contributed by atoms with Gasteiger partial charge in [-0.25, -0.2) is 0 Å². The molecule has 88 valence electrons. The lowest BCUT2D eigenvalue weighted by Crippen LogP contribution is -2.50. The SMILES string of the molecule is CCC1COC(C)CN1CC1(CS)CC1. The van der Waals surface area contributed by atoms with Gasteiger partial charge in [-0.1, -0.05) is 6.92 Å². The van der Waals surface area contributed by atoms with Crippen molar-refractivity contribution in [2.45, 2.75) is 45.3 Å². The fourth-order valence-corrected chi connectivity index (χ4v) is 2.87. The molecule has 2 fully saturated rings. The van der Waals surface area contributed by atoms with Crippen molar-refractivity contribution in [2.24, 2.45) is 5.41 Å². The highest BCUT2D eigenvalue weighted by Crippen LogP contribution is 2.47. The van der Waals surface area contributed by atoms with Gasteiger partial charge in [0.1, 0.15) is 0 Å². The molecular weight excluding hydrogens is 206 g/mol. The van der Waals surface area contributed by atoms with E-state index < -0.39 is 0 Å². The Morgan fingerprint density at radius 3 is 2.73 bits per heavy atom. The molecular formula is C12H23NOS. The summed E-state index contributed by atoms with van der Waals surface area (Å²) in [6, 6.07) is 0.638. The average Bonchev–Trinajstić information content (AvgIpc) is 2.99. The van der Waals surface area contributed by atoms with Gasteiger partial charge >= 0.3 is 0 Å². The molecule has 0 bridgehead atoms. The first-order valence-corrected chi connectivity index (χ1v) is 6.79. The Kier molecular flexibility index (Phi) is 3.63. The van der Waals surface area contributed by atoms with Gasteiger partial charge in [-0.2, -0.15) is 12.6 Å². The van der Waals surface area contributed by atoms with Gasteiger partial charge in [0.15, 0.2) is 0 Å². The Morgan fingerprint density at radius 1 is 1.47 bits per heavy atom. The molecule has 1 aliphatic heterocycles. The van der Waals surface area contributed by atoms with E-state index >= 15 is 0 Å². The minimum absolute atomic E-state index is 0.406. The third-order valence-electron chi connectivity index (χ3n) is 3.88. The second-order valence-electron chi connectivity index (χ2n) is 5.29. The number of hydrogen-bond donors (Lipinski definition) is 1. The summed E-state index contributed by atoms with van der Waals surface area (Å²) in [5.41, 5.74) is 0.549. The molecule has 2 nitrogen and oxygen atoms in total. The second kappa shape index (κ2) is 4.64. The maximum absolute atomic E-state index is 5.72. The van der Waals surface area contributed by atoms with Crippen LogP contribution in [0.15, 0.2) is 0 Å². The van der Waals surface area contributed by atoms with Crippen molar-refractivity contribution in [1.82, 2.24) is 4.90 Å². The first kappa shape index (κ1) is 11.7. The molecule has 2 rings (SSSR count). The molecule has 2 unspecified atom stereocenters. The Morgan fingerprint density at radius 2 is 2.20 bits per heavy atom. The summed E-state index contributed by atoms with van der Waals surface area (Å²) >= 11 is 4.49. The molecule has 15 heavy (non-hydrogen) atoms. The summed E-state index contributed by atoms with van der Waals surface area (Å²) < 4.78 is 5.72. The van der Waals surface area contributed by atoms with E-state index in [4.69, 9.17) is 4.74 Å². The van der Waals surface area contributed by atoms with Crippen LogP contribution >= 0.6 is 12.6 Å². The van der Waals surface area contributed by atoms with E-state index in [-0.39, 0.29) is 0 Å². The van der Waals surface area contributed by atoms with Gasteiger partial charge in [0.05, 0.1) is 12.7 Å². The van der Waals surface area contributed by atoms with E-state index in [1.165, 1.54) is 25.8 Å². The van der Waals surface area contributed by atoms with Crippen molar-refractivity contribution < 1.29 is 4.74 Å². The normalized spacial score (nSPS) is 35.4. The predicted molar refractivity (Wildman–Crippen MR) is 66.6 cm³/mol. The Balaban J connectivity index is 1.92. The van der Waals surface area contributed by atoms with Crippen LogP contribution in [-0.2, 0) is 4.74 Å². The molecule has 0 aromatic rings. The lowest BCUT2D eigenvalue weighted by atomic mass is 10.0. The number of thiol groups is 1. The van der Waals surface area contributed by atoms with Crippen molar-refractivity contribution in [1.29, 1.82) is 0 Å². The van der Waals surface area contributed by atoms with Gasteiger partial charge in [-0.3, -0.25) is 4.90 Å². The zero-order valence-electron chi connectivity index (χ0n) is 9.91. The number of hydrogen-bond acceptors (Lipinski definition) is 3. The third kappa shape index (κ3) is 2.69. The van der Waals surface area contributed by atoms with E-state index in [1.54, 1.807) is 0 Å². The molecule has 3 heteroatoms. The van der Waals surface area contributed by atoms with Crippen LogP contribution in [0.5, 0.6) is 0 Å². The highest BCUT2D eigenvalue weighted by Gasteiger charge is 2.44. The Hall–Kier alpha value is 0.270. The quantitative estimate of drug-likeness (QED) is 0.742. The maximum atomic E-state index is 5.72. The van der Waals surface area contributed by atoms with Crippen molar-refractivity contribution >= 4 is 12.6 Å². The maximum Gasteiger partial charge on any atom is 0.0674 e. The Labute approximate surface area is 98.8 Å². The lowest BCUT2D eigenvalue weighted by Gasteiger charge is -2.40.